The predicted molar refractivity (Wildman–Crippen MR) is 57.9 cm³/mol. The van der Waals surface area contributed by atoms with Crippen LogP contribution in [0.15, 0.2) is 18.2 Å². The van der Waals surface area contributed by atoms with Gasteiger partial charge in [-0.1, -0.05) is 38.1 Å². The number of allylic oxidation sites excluding steroid dienone is 1. The van der Waals surface area contributed by atoms with Crippen LogP contribution in [-0.4, -0.2) is 0 Å². The molecule has 0 aromatic heterocycles. The van der Waals surface area contributed by atoms with E-state index in [1.165, 1.54) is 22.3 Å². The summed E-state index contributed by atoms with van der Waals surface area (Å²) in [6.07, 6.45) is 7.95. The van der Waals surface area contributed by atoms with Gasteiger partial charge in [0.15, 0.2) is 0 Å². The van der Waals surface area contributed by atoms with E-state index in [0.29, 0.717) is 0 Å². The first-order valence-electron chi connectivity index (χ1n) is 5.16. The van der Waals surface area contributed by atoms with Crippen LogP contribution in [0.25, 0.3) is 6.08 Å². The Morgan fingerprint density at radius 3 is 2.46 bits per heavy atom. The summed E-state index contributed by atoms with van der Waals surface area (Å²) in [5, 5.41) is 0. The minimum absolute atomic E-state index is 1.13. The molecule has 0 heterocycles. The fraction of sp³-hybridized carbons (Fsp3) is 0.385. The van der Waals surface area contributed by atoms with Crippen LogP contribution in [0, 0.1) is 0 Å². The summed E-state index contributed by atoms with van der Waals surface area (Å²) in [5.74, 6) is 0. The third-order valence-electron chi connectivity index (χ3n) is 2.86. The molecule has 0 saturated carbocycles. The lowest BCUT2D eigenvalue weighted by molar-refractivity contribution is 1.03. The summed E-state index contributed by atoms with van der Waals surface area (Å²) in [6.45, 7) is 4.48. The molecule has 1 aromatic rings. The molecule has 1 aliphatic carbocycles. The SMILES string of the molecule is CCc1cc2c(cc1CC)CC=C2. The Morgan fingerprint density at radius 1 is 1.08 bits per heavy atom. The molecule has 2 rings (SSSR count). The molecule has 0 amide bonds. The molecule has 68 valence electrons. The highest BCUT2D eigenvalue weighted by Crippen LogP contribution is 2.24. The Bertz CT molecular complexity index is 345. The molecule has 0 heteroatoms. The first-order valence-corrected chi connectivity index (χ1v) is 5.16. The zero-order chi connectivity index (χ0) is 9.26. The summed E-state index contributed by atoms with van der Waals surface area (Å²) >= 11 is 0. The second kappa shape index (κ2) is 3.37. The van der Waals surface area contributed by atoms with Crippen LogP contribution in [0.2, 0.25) is 0 Å². The summed E-state index contributed by atoms with van der Waals surface area (Å²) in [7, 11) is 0. The lowest BCUT2D eigenvalue weighted by Crippen LogP contribution is -1.94. The first kappa shape index (κ1) is 8.55. The normalized spacial score (nSPS) is 13.4. The second-order valence-corrected chi connectivity index (χ2v) is 3.63. The highest BCUT2D eigenvalue weighted by Gasteiger charge is 2.08. The van der Waals surface area contributed by atoms with E-state index in [-0.39, 0.29) is 0 Å². The van der Waals surface area contributed by atoms with Crippen molar-refractivity contribution in [2.45, 2.75) is 33.1 Å². The largest absolute Gasteiger partial charge is 0.0795 e. The third-order valence-corrected chi connectivity index (χ3v) is 2.86. The van der Waals surface area contributed by atoms with Gasteiger partial charge >= 0.3 is 0 Å². The lowest BCUT2D eigenvalue weighted by Gasteiger charge is -2.09. The van der Waals surface area contributed by atoms with Crippen LogP contribution in [0.5, 0.6) is 0 Å². The Morgan fingerprint density at radius 2 is 1.77 bits per heavy atom. The van der Waals surface area contributed by atoms with Crippen molar-refractivity contribution in [2.75, 3.05) is 0 Å². The van der Waals surface area contributed by atoms with Crippen LogP contribution in [0.4, 0.5) is 0 Å². The number of rotatable bonds is 2. The van der Waals surface area contributed by atoms with Gasteiger partial charge in [0.1, 0.15) is 0 Å². The maximum atomic E-state index is 2.38. The lowest BCUT2D eigenvalue weighted by atomic mass is 9.97. The minimum atomic E-state index is 1.13. The molecule has 0 bridgehead atoms. The maximum absolute atomic E-state index is 2.38. The number of fused-ring (bicyclic) bond motifs is 1. The van der Waals surface area contributed by atoms with Crippen molar-refractivity contribution in [1.82, 2.24) is 0 Å². The highest BCUT2D eigenvalue weighted by molar-refractivity contribution is 5.62. The van der Waals surface area contributed by atoms with Gasteiger partial charge in [0.25, 0.3) is 0 Å². The monoisotopic (exact) mass is 172 g/mol. The molecule has 0 saturated heterocycles. The van der Waals surface area contributed by atoms with E-state index in [1.807, 2.05) is 0 Å². The predicted octanol–water partition coefficient (Wildman–Crippen LogP) is 3.38. The van der Waals surface area contributed by atoms with Crippen LogP contribution in [-0.2, 0) is 19.3 Å². The molecule has 0 atom stereocenters. The fourth-order valence-corrected chi connectivity index (χ4v) is 2.06. The molecular weight excluding hydrogens is 156 g/mol. The van der Waals surface area contributed by atoms with Gasteiger partial charge in [-0.25, -0.2) is 0 Å². The smallest absolute Gasteiger partial charge is 0.00881 e. The van der Waals surface area contributed by atoms with Crippen LogP contribution >= 0.6 is 0 Å². The summed E-state index contributed by atoms with van der Waals surface area (Å²) in [4.78, 5) is 0. The van der Waals surface area contributed by atoms with E-state index < -0.39 is 0 Å². The van der Waals surface area contributed by atoms with Crippen molar-refractivity contribution < 1.29 is 0 Å². The molecule has 0 nitrogen and oxygen atoms in total. The number of benzene rings is 1. The average Bonchev–Trinajstić information content (AvgIpc) is 2.62. The molecule has 0 spiro atoms. The fourth-order valence-electron chi connectivity index (χ4n) is 2.06. The molecule has 13 heavy (non-hydrogen) atoms. The van der Waals surface area contributed by atoms with Gasteiger partial charge in [0, 0.05) is 0 Å². The van der Waals surface area contributed by atoms with Crippen molar-refractivity contribution in [1.29, 1.82) is 0 Å². The van der Waals surface area contributed by atoms with Gasteiger partial charge in [-0.05, 0) is 41.5 Å². The van der Waals surface area contributed by atoms with Gasteiger partial charge in [-0.2, -0.15) is 0 Å². The summed E-state index contributed by atoms with van der Waals surface area (Å²) < 4.78 is 0. The molecule has 0 N–H and O–H groups in total. The first-order chi connectivity index (χ1) is 6.35. The number of aryl methyl sites for hydroxylation is 2. The molecule has 0 unspecified atom stereocenters. The van der Waals surface area contributed by atoms with Gasteiger partial charge in [0.05, 0.1) is 0 Å². The Labute approximate surface area is 80.3 Å². The van der Waals surface area contributed by atoms with E-state index in [2.05, 4.69) is 38.1 Å². The van der Waals surface area contributed by atoms with Crippen molar-refractivity contribution in [3.8, 4) is 0 Å². The summed E-state index contributed by atoms with van der Waals surface area (Å²) in [6, 6.07) is 4.74. The van der Waals surface area contributed by atoms with Gasteiger partial charge in [-0.3, -0.25) is 0 Å². The Hall–Kier alpha value is -1.04. The topological polar surface area (TPSA) is 0 Å². The van der Waals surface area contributed by atoms with Gasteiger partial charge in [0.2, 0.25) is 0 Å². The number of hydrogen-bond donors (Lipinski definition) is 0. The Kier molecular flexibility index (Phi) is 2.22. The molecule has 1 aromatic carbocycles. The van der Waals surface area contributed by atoms with E-state index in [9.17, 15) is 0 Å². The van der Waals surface area contributed by atoms with Gasteiger partial charge in [-0.15, -0.1) is 0 Å². The second-order valence-electron chi connectivity index (χ2n) is 3.63. The molecule has 0 aliphatic heterocycles. The van der Waals surface area contributed by atoms with Crippen molar-refractivity contribution in [2.24, 2.45) is 0 Å². The molecule has 0 fully saturated rings. The third kappa shape index (κ3) is 1.41. The number of hydrogen-bond acceptors (Lipinski definition) is 0. The minimum Gasteiger partial charge on any atom is -0.0795 e. The Balaban J connectivity index is 2.51. The van der Waals surface area contributed by atoms with E-state index in [0.717, 1.165) is 19.3 Å². The average molecular weight is 172 g/mol. The van der Waals surface area contributed by atoms with Crippen LogP contribution in [0.3, 0.4) is 0 Å². The molecule has 0 radical (unpaired) electrons. The van der Waals surface area contributed by atoms with Gasteiger partial charge < -0.3 is 0 Å². The standard InChI is InChI=1S/C13H16/c1-3-10-8-12-6-5-7-13(12)9-11(10)4-2/h5-6,8-9H,3-4,7H2,1-2H3. The van der Waals surface area contributed by atoms with Crippen molar-refractivity contribution in [3.05, 3.63) is 40.5 Å². The highest BCUT2D eigenvalue weighted by atomic mass is 14.1. The van der Waals surface area contributed by atoms with E-state index >= 15 is 0 Å². The zero-order valence-electron chi connectivity index (χ0n) is 8.43. The molecular formula is C13H16. The van der Waals surface area contributed by atoms with Crippen LogP contribution < -0.4 is 0 Å². The van der Waals surface area contributed by atoms with E-state index in [4.69, 9.17) is 0 Å². The van der Waals surface area contributed by atoms with E-state index in [1.54, 1.807) is 0 Å². The van der Waals surface area contributed by atoms with Crippen LogP contribution in [0.1, 0.15) is 36.1 Å². The van der Waals surface area contributed by atoms with Crippen molar-refractivity contribution in [3.63, 3.8) is 0 Å². The maximum Gasteiger partial charge on any atom is -0.00881 e. The van der Waals surface area contributed by atoms with Crippen molar-refractivity contribution >= 4 is 6.08 Å². The summed E-state index contributed by atoms with van der Waals surface area (Å²) in [5.41, 5.74) is 6.00. The zero-order valence-corrected chi connectivity index (χ0v) is 8.43. The molecule has 1 aliphatic rings. The quantitative estimate of drug-likeness (QED) is 0.641.